The molecule has 170 valence electrons. The van der Waals surface area contributed by atoms with Crippen molar-refractivity contribution in [3.8, 4) is 0 Å². The number of halogens is 3. The van der Waals surface area contributed by atoms with Gasteiger partial charge in [-0.25, -0.2) is 4.79 Å². The van der Waals surface area contributed by atoms with Crippen molar-refractivity contribution >= 4 is 17.3 Å². The largest absolute Gasteiger partial charge is 0.490 e. The molecule has 1 aromatic heterocycles. The Morgan fingerprint density at radius 3 is 2.70 bits per heavy atom. The molecule has 4 rings (SSSR count). The molecule has 4 heterocycles. The number of fused-ring (bicyclic) bond motifs is 1. The molecule has 3 fully saturated rings. The van der Waals surface area contributed by atoms with Crippen LogP contribution in [-0.2, 0) is 25.5 Å². The maximum absolute atomic E-state index is 10.6. The Kier molecular flexibility index (Phi) is 8.14. The van der Waals surface area contributed by atoms with Crippen LogP contribution in [-0.4, -0.2) is 74.9 Å². The Bertz CT molecular complexity index is 666. The van der Waals surface area contributed by atoms with E-state index < -0.39 is 12.1 Å². The second kappa shape index (κ2) is 10.4. The zero-order valence-electron chi connectivity index (χ0n) is 16.7. The van der Waals surface area contributed by atoms with E-state index in [-0.39, 0.29) is 5.41 Å². The third kappa shape index (κ3) is 6.40. The molecule has 0 radical (unpaired) electrons. The van der Waals surface area contributed by atoms with Gasteiger partial charge in [0.25, 0.3) is 0 Å². The van der Waals surface area contributed by atoms with Crippen LogP contribution in [0.25, 0.3) is 0 Å². The normalized spacial score (nSPS) is 27.5. The molecule has 30 heavy (non-hydrogen) atoms. The molecule has 1 N–H and O–H groups in total. The molecule has 0 aromatic carbocycles. The molecule has 0 unspecified atom stereocenters. The molecule has 3 aliphatic rings. The van der Waals surface area contributed by atoms with E-state index in [1.165, 1.54) is 4.88 Å². The van der Waals surface area contributed by atoms with Crippen molar-refractivity contribution in [2.75, 3.05) is 52.7 Å². The smallest absolute Gasteiger partial charge is 0.475 e. The number of ether oxygens (including phenoxy) is 3. The number of carboxylic acids is 1. The van der Waals surface area contributed by atoms with Crippen LogP contribution in [0.3, 0.4) is 0 Å². The van der Waals surface area contributed by atoms with Gasteiger partial charge in [0.05, 0.1) is 19.8 Å². The van der Waals surface area contributed by atoms with Crippen LogP contribution in [0.5, 0.6) is 0 Å². The van der Waals surface area contributed by atoms with Crippen LogP contribution in [0.2, 0.25) is 0 Å². The first-order chi connectivity index (χ1) is 14.3. The van der Waals surface area contributed by atoms with Crippen molar-refractivity contribution in [2.45, 2.75) is 25.6 Å². The van der Waals surface area contributed by atoms with Crippen molar-refractivity contribution in [1.82, 2.24) is 4.90 Å². The zero-order valence-corrected chi connectivity index (χ0v) is 17.6. The Hall–Kier alpha value is -1.20. The second-order valence-electron chi connectivity index (χ2n) is 8.20. The van der Waals surface area contributed by atoms with Gasteiger partial charge < -0.3 is 19.3 Å². The summed E-state index contributed by atoms with van der Waals surface area (Å²) in [6, 6.07) is 4.39. The van der Waals surface area contributed by atoms with Crippen LogP contribution in [0.4, 0.5) is 13.2 Å². The van der Waals surface area contributed by atoms with E-state index in [9.17, 15) is 13.2 Å². The van der Waals surface area contributed by atoms with E-state index in [0.717, 1.165) is 72.1 Å². The van der Waals surface area contributed by atoms with Gasteiger partial charge in [0.2, 0.25) is 0 Å². The highest BCUT2D eigenvalue weighted by Gasteiger charge is 2.50. The Morgan fingerprint density at radius 2 is 2.07 bits per heavy atom. The van der Waals surface area contributed by atoms with Crippen LogP contribution >= 0.6 is 11.3 Å². The summed E-state index contributed by atoms with van der Waals surface area (Å²) in [4.78, 5) is 13.0. The van der Waals surface area contributed by atoms with E-state index in [1.54, 1.807) is 0 Å². The first-order valence-corrected chi connectivity index (χ1v) is 10.9. The van der Waals surface area contributed by atoms with E-state index >= 15 is 0 Å². The molecule has 0 amide bonds. The van der Waals surface area contributed by atoms with Crippen LogP contribution in [0, 0.1) is 17.3 Å². The highest BCUT2D eigenvalue weighted by molar-refractivity contribution is 7.09. The summed E-state index contributed by atoms with van der Waals surface area (Å²) in [5.74, 6) is -1.44. The number of likely N-dealkylation sites (tertiary alicyclic amines) is 1. The lowest BCUT2D eigenvalue weighted by Gasteiger charge is -2.29. The van der Waals surface area contributed by atoms with E-state index in [1.807, 2.05) is 11.3 Å². The minimum absolute atomic E-state index is 0.225. The average Bonchev–Trinajstić information content (AvgIpc) is 3.39. The molecule has 3 saturated heterocycles. The minimum Gasteiger partial charge on any atom is -0.475 e. The van der Waals surface area contributed by atoms with Crippen molar-refractivity contribution in [1.29, 1.82) is 0 Å². The number of carbonyl (C=O) groups is 1. The third-order valence-corrected chi connectivity index (χ3v) is 6.74. The van der Waals surface area contributed by atoms with Gasteiger partial charge >= 0.3 is 12.1 Å². The lowest BCUT2D eigenvalue weighted by Crippen LogP contribution is -2.36. The predicted molar refractivity (Wildman–Crippen MR) is 104 cm³/mol. The SMILES string of the molecule is O=C(O)C(F)(F)F.c1csc(CN2C[C@@H]3COC[C@]3(COCC3CCOCC3)C2)c1. The van der Waals surface area contributed by atoms with E-state index in [2.05, 4.69) is 22.4 Å². The Labute approximate surface area is 177 Å². The van der Waals surface area contributed by atoms with E-state index in [0.29, 0.717) is 11.8 Å². The van der Waals surface area contributed by atoms with Crippen LogP contribution < -0.4 is 0 Å². The summed E-state index contributed by atoms with van der Waals surface area (Å²) in [6.45, 7) is 8.67. The maximum Gasteiger partial charge on any atom is 0.490 e. The number of hydrogen-bond acceptors (Lipinski definition) is 6. The zero-order chi connectivity index (χ0) is 21.6. The van der Waals surface area contributed by atoms with Gasteiger partial charge in [-0.2, -0.15) is 13.2 Å². The van der Waals surface area contributed by atoms with Crippen LogP contribution in [0.15, 0.2) is 17.5 Å². The summed E-state index contributed by atoms with van der Waals surface area (Å²) in [6.07, 6.45) is -2.78. The second-order valence-corrected chi connectivity index (χ2v) is 9.23. The van der Waals surface area contributed by atoms with Crippen molar-refractivity contribution in [3.05, 3.63) is 22.4 Å². The highest BCUT2D eigenvalue weighted by atomic mass is 32.1. The molecular weight excluding hydrogens is 423 g/mol. The lowest BCUT2D eigenvalue weighted by atomic mass is 9.82. The number of alkyl halides is 3. The van der Waals surface area contributed by atoms with Gasteiger partial charge in [-0.1, -0.05) is 6.07 Å². The monoisotopic (exact) mass is 451 g/mol. The van der Waals surface area contributed by atoms with Gasteiger partial charge in [-0.3, -0.25) is 4.90 Å². The van der Waals surface area contributed by atoms with Gasteiger partial charge in [0.15, 0.2) is 0 Å². The molecule has 10 heteroatoms. The standard InChI is InChI=1S/C18H27NO3S.C2HF3O2/c1-2-17(23-7-1)9-19-8-16-11-22-14-18(16,12-19)13-21-10-15-3-5-20-6-4-15;3-2(4,5)1(6)7/h1-2,7,15-16H,3-6,8-14H2;(H,6,7)/t16-,18-;/m1./s1. The van der Waals surface area contributed by atoms with Crippen LogP contribution in [0.1, 0.15) is 17.7 Å². The Balaban J connectivity index is 0.000000318. The number of carboxylic acid groups (broad SMARTS) is 1. The summed E-state index contributed by atoms with van der Waals surface area (Å²) in [5.41, 5.74) is 0.225. The summed E-state index contributed by atoms with van der Waals surface area (Å²) < 4.78 is 49.2. The Morgan fingerprint density at radius 1 is 1.33 bits per heavy atom. The number of aliphatic carboxylic acids is 1. The lowest BCUT2D eigenvalue weighted by molar-refractivity contribution is -0.192. The number of nitrogens with zero attached hydrogens (tertiary/aromatic N) is 1. The third-order valence-electron chi connectivity index (χ3n) is 5.88. The molecule has 2 atom stereocenters. The molecule has 0 bridgehead atoms. The molecule has 0 spiro atoms. The number of rotatable bonds is 6. The fraction of sp³-hybridized carbons (Fsp3) is 0.750. The summed E-state index contributed by atoms with van der Waals surface area (Å²) >= 11 is 1.86. The first kappa shape index (κ1) is 23.5. The van der Waals surface area contributed by atoms with Gasteiger partial charge in [-0.15, -0.1) is 11.3 Å². The molecule has 3 aliphatic heterocycles. The van der Waals surface area contributed by atoms with Crippen molar-refractivity contribution in [2.24, 2.45) is 17.3 Å². The number of thiophene rings is 1. The van der Waals surface area contributed by atoms with E-state index in [4.69, 9.17) is 24.1 Å². The fourth-order valence-electron chi connectivity index (χ4n) is 4.23. The molecule has 1 aromatic rings. The fourth-order valence-corrected chi connectivity index (χ4v) is 4.98. The topological polar surface area (TPSA) is 68.2 Å². The molecule has 0 aliphatic carbocycles. The maximum atomic E-state index is 10.6. The van der Waals surface area contributed by atoms with Crippen molar-refractivity contribution in [3.63, 3.8) is 0 Å². The number of hydrogen-bond donors (Lipinski definition) is 1. The molecule has 6 nitrogen and oxygen atoms in total. The van der Waals surface area contributed by atoms with Gasteiger partial charge in [0.1, 0.15) is 0 Å². The minimum atomic E-state index is -5.08. The van der Waals surface area contributed by atoms with Gasteiger partial charge in [-0.05, 0) is 30.2 Å². The first-order valence-electron chi connectivity index (χ1n) is 10.1. The van der Waals surface area contributed by atoms with Crippen molar-refractivity contribution < 1.29 is 37.3 Å². The summed E-state index contributed by atoms with van der Waals surface area (Å²) in [7, 11) is 0. The predicted octanol–water partition coefficient (Wildman–Crippen LogP) is 3.27. The molecular formula is C20H28F3NO5S. The van der Waals surface area contributed by atoms with Gasteiger partial charge in [0, 0.05) is 55.7 Å². The summed E-state index contributed by atoms with van der Waals surface area (Å²) in [5, 5.41) is 9.29. The highest BCUT2D eigenvalue weighted by Crippen LogP contribution is 2.42. The molecule has 0 saturated carbocycles. The quantitative estimate of drug-likeness (QED) is 0.716. The average molecular weight is 452 g/mol.